The van der Waals surface area contributed by atoms with Crippen LogP contribution in [0.15, 0.2) is 170 Å². The van der Waals surface area contributed by atoms with Gasteiger partial charge in [-0.1, -0.05) is 121 Å². The van der Waals surface area contributed by atoms with Crippen molar-refractivity contribution < 1.29 is 57.1 Å². The number of esters is 4. The minimum absolute atomic E-state index is 0.0977. The lowest BCUT2D eigenvalue weighted by Gasteiger charge is -2.25. The first-order chi connectivity index (χ1) is 41.0. The average molecular weight is 1130 g/mol. The van der Waals surface area contributed by atoms with E-state index in [-0.39, 0.29) is 104 Å². The van der Waals surface area contributed by atoms with Crippen LogP contribution in [0.2, 0.25) is 0 Å². The molecule has 8 aromatic carbocycles. The first-order valence-electron chi connectivity index (χ1n) is 28.9. The number of carbonyl (C=O) groups excluding carboxylic acids is 4. The van der Waals surface area contributed by atoms with Crippen molar-refractivity contribution in [2.75, 3.05) is 26.4 Å². The van der Waals surface area contributed by atoms with Gasteiger partial charge in [0, 0.05) is 0 Å². The van der Waals surface area contributed by atoms with E-state index in [1.54, 1.807) is 27.7 Å². The van der Waals surface area contributed by atoms with E-state index in [0.29, 0.717) is 45.3 Å². The van der Waals surface area contributed by atoms with E-state index >= 15 is 0 Å². The van der Waals surface area contributed by atoms with Crippen molar-refractivity contribution in [1.82, 2.24) is 0 Å². The molecule has 1 aliphatic carbocycles. The molecular formula is C72H72O12. The van der Waals surface area contributed by atoms with Crippen molar-refractivity contribution in [2.45, 2.75) is 105 Å². The zero-order valence-electron chi connectivity index (χ0n) is 48.4. The summed E-state index contributed by atoms with van der Waals surface area (Å²) >= 11 is 0. The quantitative estimate of drug-likeness (QED) is 0.0420. The Labute approximate surface area is 492 Å². The lowest BCUT2D eigenvalue weighted by Crippen LogP contribution is -2.18. The minimum atomic E-state index is -0.426. The van der Waals surface area contributed by atoms with Gasteiger partial charge in [0.15, 0.2) is 0 Å². The second-order valence-corrected chi connectivity index (χ2v) is 20.6. The summed E-state index contributed by atoms with van der Waals surface area (Å²) < 4.78 is 49.9. The molecule has 0 fully saturated rings. The number of rotatable bonds is 24. The minimum Gasteiger partial charge on any atom is -0.489 e. The molecule has 0 aliphatic heterocycles. The summed E-state index contributed by atoms with van der Waals surface area (Å²) in [7, 11) is 0. The van der Waals surface area contributed by atoms with Crippen molar-refractivity contribution in [1.29, 1.82) is 0 Å². The maximum absolute atomic E-state index is 14.1. The number of carbonyl (C=O) groups is 4. The normalized spacial score (nSPS) is 11.7. The number of hydrogen-bond donors (Lipinski definition) is 0. The summed E-state index contributed by atoms with van der Waals surface area (Å²) in [6.07, 6.45) is 0.430. The van der Waals surface area contributed by atoms with Crippen LogP contribution in [-0.4, -0.2) is 50.3 Å². The van der Waals surface area contributed by atoms with Crippen LogP contribution in [0.4, 0.5) is 0 Å². The topological polar surface area (TPSA) is 142 Å². The Morgan fingerprint density at radius 1 is 0.286 bits per heavy atom. The monoisotopic (exact) mass is 1130 g/mol. The zero-order valence-corrected chi connectivity index (χ0v) is 48.4. The molecule has 432 valence electrons. The highest BCUT2D eigenvalue weighted by molar-refractivity contribution is 5.78. The van der Waals surface area contributed by atoms with E-state index in [0.717, 1.165) is 66.8 Å². The summed E-state index contributed by atoms with van der Waals surface area (Å²) in [5.41, 5.74) is 12.6. The fourth-order valence-corrected chi connectivity index (χ4v) is 10.8. The molecule has 8 bridgehead atoms. The van der Waals surface area contributed by atoms with E-state index < -0.39 is 23.9 Å². The molecule has 8 aromatic rings. The molecule has 0 unspecified atom stereocenters. The van der Waals surface area contributed by atoms with Gasteiger partial charge in [-0.2, -0.15) is 0 Å². The van der Waals surface area contributed by atoms with Crippen LogP contribution in [0.1, 0.15) is 117 Å². The van der Waals surface area contributed by atoms with Crippen LogP contribution < -0.4 is 18.9 Å². The molecule has 0 saturated heterocycles. The van der Waals surface area contributed by atoms with Crippen LogP contribution in [0.5, 0.6) is 23.0 Å². The predicted molar refractivity (Wildman–Crippen MR) is 321 cm³/mol. The third-order valence-electron chi connectivity index (χ3n) is 14.7. The molecule has 0 spiro atoms. The van der Waals surface area contributed by atoms with Gasteiger partial charge in [-0.25, -0.2) is 0 Å². The van der Waals surface area contributed by atoms with Gasteiger partial charge in [-0.3, -0.25) is 19.2 Å². The molecule has 0 amide bonds. The Morgan fingerprint density at radius 3 is 0.631 bits per heavy atom. The smallest absolute Gasteiger partial charge is 0.310 e. The van der Waals surface area contributed by atoms with Gasteiger partial charge < -0.3 is 37.9 Å². The molecule has 9 rings (SSSR count). The number of hydrogen-bond acceptors (Lipinski definition) is 12. The molecule has 0 heterocycles. The van der Waals surface area contributed by atoms with Gasteiger partial charge in [-0.05, 0) is 191 Å². The van der Waals surface area contributed by atoms with Crippen LogP contribution >= 0.6 is 0 Å². The van der Waals surface area contributed by atoms with Gasteiger partial charge in [0.25, 0.3) is 0 Å². The van der Waals surface area contributed by atoms with Gasteiger partial charge in [0.1, 0.15) is 49.4 Å². The molecule has 0 saturated carbocycles. The van der Waals surface area contributed by atoms with E-state index in [2.05, 4.69) is 0 Å². The SMILES string of the molecule is CCOC(=O)Cc1c2cc(OCc3ccccc3)cc1Cc1cc(OCc3ccccc3)cc(c1CC(=O)OCC)Cc1cc(OCc3ccccc3)cc(c1CC(=O)OCC)Cc1cc(OCc3ccccc3)cc(c1CC(=O)OCC)C2. The molecule has 0 aromatic heterocycles. The predicted octanol–water partition coefficient (Wildman–Crippen LogP) is 13.1. The van der Waals surface area contributed by atoms with Gasteiger partial charge in [0.2, 0.25) is 0 Å². The third-order valence-corrected chi connectivity index (χ3v) is 14.7. The maximum Gasteiger partial charge on any atom is 0.310 e. The highest BCUT2D eigenvalue weighted by atomic mass is 16.5. The Morgan fingerprint density at radius 2 is 0.464 bits per heavy atom. The highest BCUT2D eigenvalue weighted by Crippen LogP contribution is 2.38. The number of ether oxygens (including phenoxy) is 8. The van der Waals surface area contributed by atoms with Gasteiger partial charge >= 0.3 is 23.9 Å². The van der Waals surface area contributed by atoms with Crippen LogP contribution in [0.3, 0.4) is 0 Å². The molecule has 0 atom stereocenters. The van der Waals surface area contributed by atoms with E-state index in [9.17, 15) is 19.2 Å². The lowest BCUT2D eigenvalue weighted by molar-refractivity contribution is -0.143. The van der Waals surface area contributed by atoms with Crippen LogP contribution in [-0.2, 0) is 116 Å². The molecule has 12 heteroatoms. The average Bonchev–Trinajstić information content (AvgIpc) is 2.74. The summed E-state index contributed by atoms with van der Waals surface area (Å²) in [5.74, 6) is 0.487. The molecule has 0 radical (unpaired) electrons. The first-order valence-corrected chi connectivity index (χ1v) is 28.9. The Kier molecular flexibility index (Phi) is 21.0. The Hall–Kier alpha value is -9.16. The Balaban J connectivity index is 1.36. The van der Waals surface area contributed by atoms with E-state index in [1.165, 1.54) is 0 Å². The standard InChI is InChI=1S/C72H72O12/c1-5-77-69(73)41-65-53-29-55-35-62(82-46-50-23-15-10-16-24-50)37-57(66(55)42-70(74)78-6-2)31-59-39-64(84-48-52-27-19-12-20-28-52)40-60(68(59)44-72(76)80-8-4)32-58-38-63(83-47-51-25-17-11-18-26-51)36-56(67(58)43-71(75)79-7-3)30-54(65)34-61(33-53)81-45-49-21-13-9-14-22-49/h9-28,33-40H,5-8,29-32,41-48H2,1-4H3. The van der Waals surface area contributed by atoms with E-state index in [1.807, 2.05) is 170 Å². The van der Waals surface area contributed by atoms with Crippen molar-refractivity contribution in [3.05, 3.63) is 259 Å². The molecule has 1 aliphatic rings. The Bertz CT molecular complexity index is 2960. The second kappa shape index (κ2) is 29.7. The summed E-state index contributed by atoms with van der Waals surface area (Å²) in [6.45, 7) is 8.81. The van der Waals surface area contributed by atoms with Crippen molar-refractivity contribution in [3.8, 4) is 23.0 Å². The van der Waals surface area contributed by atoms with Crippen LogP contribution in [0.25, 0.3) is 0 Å². The molecule has 84 heavy (non-hydrogen) atoms. The summed E-state index contributed by atoms with van der Waals surface area (Å²) in [5, 5.41) is 0. The summed E-state index contributed by atoms with van der Waals surface area (Å²) in [6, 6.07) is 55.3. The fourth-order valence-electron chi connectivity index (χ4n) is 10.8. The molecule has 12 nitrogen and oxygen atoms in total. The van der Waals surface area contributed by atoms with Crippen LogP contribution in [0, 0.1) is 0 Å². The third kappa shape index (κ3) is 16.5. The highest BCUT2D eigenvalue weighted by Gasteiger charge is 2.27. The largest absolute Gasteiger partial charge is 0.489 e. The maximum atomic E-state index is 14.1. The fraction of sp³-hybridized carbons (Fsp3) is 0.278. The number of fused-ring (bicyclic) bond motifs is 8. The van der Waals surface area contributed by atoms with Gasteiger partial charge in [0.05, 0.1) is 52.1 Å². The lowest BCUT2D eigenvalue weighted by atomic mass is 9.82. The van der Waals surface area contributed by atoms with Crippen molar-refractivity contribution in [3.63, 3.8) is 0 Å². The van der Waals surface area contributed by atoms with Crippen molar-refractivity contribution in [2.24, 2.45) is 0 Å². The molecular weight excluding hydrogens is 1060 g/mol. The summed E-state index contributed by atoms with van der Waals surface area (Å²) in [4.78, 5) is 56.5. The number of benzene rings is 8. The van der Waals surface area contributed by atoms with Crippen molar-refractivity contribution >= 4 is 23.9 Å². The van der Waals surface area contributed by atoms with E-state index in [4.69, 9.17) is 37.9 Å². The molecule has 0 N–H and O–H groups in total. The first kappa shape index (κ1) is 59.5. The zero-order chi connectivity index (χ0) is 58.6. The van der Waals surface area contributed by atoms with Gasteiger partial charge in [-0.15, -0.1) is 0 Å². The second-order valence-electron chi connectivity index (χ2n) is 20.6.